The third-order valence-corrected chi connectivity index (χ3v) is 10.2. The molecule has 4 aromatic rings. The van der Waals surface area contributed by atoms with E-state index in [2.05, 4.69) is 5.32 Å². The van der Waals surface area contributed by atoms with Gasteiger partial charge in [-0.3, -0.25) is 13.9 Å². The van der Waals surface area contributed by atoms with E-state index in [1.54, 1.807) is 48.5 Å². The van der Waals surface area contributed by atoms with Crippen LogP contribution < -0.4 is 9.62 Å². The first kappa shape index (κ1) is 35.0. The second-order valence-electron chi connectivity index (χ2n) is 11.3. The van der Waals surface area contributed by atoms with Crippen molar-refractivity contribution in [3.8, 4) is 0 Å². The molecule has 4 rings (SSSR count). The van der Waals surface area contributed by atoms with Gasteiger partial charge in [-0.05, 0) is 59.9 Å². The Hall–Kier alpha value is -3.85. The van der Waals surface area contributed by atoms with Crippen LogP contribution in [0.25, 0.3) is 0 Å². The number of hydrogen-bond acceptors (Lipinski definition) is 4. The van der Waals surface area contributed by atoms with Gasteiger partial charge in [0.05, 0.1) is 10.6 Å². The third kappa shape index (κ3) is 8.69. The van der Waals surface area contributed by atoms with E-state index in [0.717, 1.165) is 15.4 Å². The van der Waals surface area contributed by atoms with Gasteiger partial charge in [-0.2, -0.15) is 0 Å². The lowest BCUT2D eigenvalue weighted by Gasteiger charge is -2.34. The molecule has 0 heterocycles. The van der Waals surface area contributed by atoms with Crippen LogP contribution in [-0.2, 0) is 32.6 Å². The Bertz CT molecular complexity index is 1700. The topological polar surface area (TPSA) is 86.8 Å². The zero-order valence-corrected chi connectivity index (χ0v) is 28.5. The summed E-state index contributed by atoms with van der Waals surface area (Å²) in [4.78, 5) is 29.8. The third-order valence-electron chi connectivity index (χ3n) is 7.67. The molecule has 4 aromatic carbocycles. The van der Waals surface area contributed by atoms with E-state index in [-0.39, 0.29) is 29.7 Å². The smallest absolute Gasteiger partial charge is 0.264 e. The molecule has 0 spiro atoms. The van der Waals surface area contributed by atoms with Crippen LogP contribution in [-0.4, -0.2) is 44.3 Å². The van der Waals surface area contributed by atoms with E-state index in [1.807, 2.05) is 63.2 Å². The molecule has 1 N–H and O–H groups in total. The quantitative estimate of drug-likeness (QED) is 0.150. The minimum absolute atomic E-state index is 0.0398. The average Bonchev–Trinajstić information content (AvgIpc) is 3.06. The molecule has 1 atom stereocenters. The number of nitrogens with zero attached hydrogens (tertiary/aromatic N) is 2. The van der Waals surface area contributed by atoms with Crippen LogP contribution in [0.1, 0.15) is 49.8 Å². The molecule has 0 radical (unpaired) electrons. The number of nitrogens with one attached hydrogen (secondary N) is 1. The van der Waals surface area contributed by atoms with Crippen LogP contribution in [0.15, 0.2) is 108 Å². The summed E-state index contributed by atoms with van der Waals surface area (Å²) in [6.07, 6.45) is 0.891. The number of sulfonamides is 1. The molecule has 0 saturated carbocycles. The average molecular weight is 681 g/mol. The van der Waals surface area contributed by atoms with E-state index >= 15 is 0 Å². The molecule has 0 fully saturated rings. The summed E-state index contributed by atoms with van der Waals surface area (Å²) >= 11 is 13.1. The number of rotatable bonds is 14. The molecule has 0 aromatic heterocycles. The first-order valence-electron chi connectivity index (χ1n) is 15.2. The summed E-state index contributed by atoms with van der Waals surface area (Å²) in [5.74, 6) is -0.719. The van der Waals surface area contributed by atoms with Gasteiger partial charge in [-0.1, -0.05) is 111 Å². The fourth-order valence-corrected chi connectivity index (χ4v) is 7.00. The predicted octanol–water partition coefficient (Wildman–Crippen LogP) is 7.48. The molecule has 0 bridgehead atoms. The Morgan fingerprint density at radius 1 is 0.804 bits per heavy atom. The lowest BCUT2D eigenvalue weighted by Crippen LogP contribution is -2.53. The van der Waals surface area contributed by atoms with Crippen LogP contribution in [0.3, 0.4) is 0 Å². The van der Waals surface area contributed by atoms with Crippen molar-refractivity contribution >= 4 is 50.7 Å². The SMILES string of the molecule is CCCNC(=O)[C@@H](Cc1ccccc1)N(Cc1c(Cl)cccc1Cl)C(=O)CN(c1ccc(C(C)C)cc1)S(=O)(=O)c1ccccc1. The zero-order chi connectivity index (χ0) is 33.3. The summed E-state index contributed by atoms with van der Waals surface area (Å²) in [7, 11) is -4.19. The monoisotopic (exact) mass is 679 g/mol. The molecule has 0 aliphatic heterocycles. The van der Waals surface area contributed by atoms with Crippen molar-refractivity contribution in [2.24, 2.45) is 0 Å². The summed E-state index contributed by atoms with van der Waals surface area (Å²) in [5.41, 5.74) is 2.64. The van der Waals surface area contributed by atoms with Crippen molar-refractivity contribution in [2.45, 2.75) is 57.0 Å². The fraction of sp³-hybridized carbons (Fsp3) is 0.278. The first-order valence-corrected chi connectivity index (χ1v) is 17.4. The Labute approximate surface area is 282 Å². The van der Waals surface area contributed by atoms with E-state index in [1.165, 1.54) is 17.0 Å². The van der Waals surface area contributed by atoms with Crippen molar-refractivity contribution in [2.75, 3.05) is 17.4 Å². The van der Waals surface area contributed by atoms with Gasteiger partial charge in [0, 0.05) is 35.1 Å². The number of carbonyl (C=O) groups excluding carboxylic acids is 2. The van der Waals surface area contributed by atoms with Gasteiger partial charge in [-0.15, -0.1) is 0 Å². The van der Waals surface area contributed by atoms with Crippen molar-refractivity contribution < 1.29 is 18.0 Å². The van der Waals surface area contributed by atoms with Crippen LogP contribution in [0.4, 0.5) is 5.69 Å². The van der Waals surface area contributed by atoms with Gasteiger partial charge in [0.1, 0.15) is 12.6 Å². The molecule has 242 valence electrons. The van der Waals surface area contributed by atoms with Gasteiger partial charge in [0.2, 0.25) is 11.8 Å². The Morgan fingerprint density at radius 3 is 1.96 bits per heavy atom. The predicted molar refractivity (Wildman–Crippen MR) is 186 cm³/mol. The maximum atomic E-state index is 14.6. The van der Waals surface area contributed by atoms with Gasteiger partial charge in [0.15, 0.2) is 0 Å². The maximum Gasteiger partial charge on any atom is 0.264 e. The van der Waals surface area contributed by atoms with E-state index in [9.17, 15) is 18.0 Å². The maximum absolute atomic E-state index is 14.6. The minimum Gasteiger partial charge on any atom is -0.354 e. The molecular weight excluding hydrogens is 641 g/mol. The van der Waals surface area contributed by atoms with Crippen LogP contribution >= 0.6 is 23.2 Å². The first-order chi connectivity index (χ1) is 22.0. The Balaban J connectivity index is 1.83. The highest BCUT2D eigenvalue weighted by Gasteiger charge is 2.35. The number of benzene rings is 4. The van der Waals surface area contributed by atoms with E-state index < -0.39 is 28.5 Å². The molecule has 0 unspecified atom stereocenters. The standard InChI is InChI=1S/C36H39Cl2N3O4S/c1-4-22-39-36(43)34(23-27-12-7-5-8-13-27)40(24-31-32(37)16-11-17-33(31)38)35(42)25-41(29-20-18-28(19-21-29)26(2)3)46(44,45)30-14-9-6-10-15-30/h5-21,26,34H,4,22-25H2,1-3H3,(H,39,43)/t34-/m1/s1. The highest BCUT2D eigenvalue weighted by molar-refractivity contribution is 7.92. The van der Waals surface area contributed by atoms with Crippen LogP contribution in [0.5, 0.6) is 0 Å². The summed E-state index contributed by atoms with van der Waals surface area (Å²) < 4.78 is 29.4. The number of halogens is 2. The summed E-state index contributed by atoms with van der Waals surface area (Å²) in [6.45, 7) is 5.77. The van der Waals surface area contributed by atoms with Crippen LogP contribution in [0.2, 0.25) is 10.0 Å². The summed E-state index contributed by atoms with van der Waals surface area (Å²) in [5, 5.41) is 3.59. The molecule has 46 heavy (non-hydrogen) atoms. The lowest BCUT2D eigenvalue weighted by molar-refractivity contribution is -0.140. The van der Waals surface area contributed by atoms with Crippen molar-refractivity contribution in [1.82, 2.24) is 10.2 Å². The van der Waals surface area contributed by atoms with Crippen molar-refractivity contribution in [3.05, 3.63) is 130 Å². The largest absolute Gasteiger partial charge is 0.354 e. The van der Waals surface area contributed by atoms with Gasteiger partial charge in [0.25, 0.3) is 10.0 Å². The van der Waals surface area contributed by atoms with Gasteiger partial charge in [-0.25, -0.2) is 8.42 Å². The second kappa shape index (κ2) is 16.1. The van der Waals surface area contributed by atoms with Crippen molar-refractivity contribution in [1.29, 1.82) is 0 Å². The number of anilines is 1. The molecule has 0 saturated heterocycles. The molecule has 0 aliphatic rings. The normalized spacial score (nSPS) is 12.0. The number of hydrogen-bond donors (Lipinski definition) is 1. The zero-order valence-electron chi connectivity index (χ0n) is 26.2. The molecule has 0 aliphatic carbocycles. The van der Waals surface area contributed by atoms with E-state index in [4.69, 9.17) is 23.2 Å². The number of carbonyl (C=O) groups is 2. The Morgan fingerprint density at radius 2 is 1.39 bits per heavy atom. The second-order valence-corrected chi connectivity index (χ2v) is 14.0. The van der Waals surface area contributed by atoms with Crippen LogP contribution in [0, 0.1) is 0 Å². The van der Waals surface area contributed by atoms with Gasteiger partial charge < -0.3 is 10.2 Å². The Kier molecular flexibility index (Phi) is 12.3. The number of amides is 2. The molecule has 7 nitrogen and oxygen atoms in total. The van der Waals surface area contributed by atoms with E-state index in [0.29, 0.717) is 34.3 Å². The molecular formula is C36H39Cl2N3O4S. The minimum atomic E-state index is -4.19. The fourth-order valence-electron chi connectivity index (χ4n) is 5.05. The highest BCUT2D eigenvalue weighted by atomic mass is 35.5. The molecule has 10 heteroatoms. The van der Waals surface area contributed by atoms with Gasteiger partial charge >= 0.3 is 0 Å². The van der Waals surface area contributed by atoms with Crippen molar-refractivity contribution in [3.63, 3.8) is 0 Å². The molecule has 2 amide bonds. The lowest BCUT2D eigenvalue weighted by atomic mass is 10.0. The summed E-state index contributed by atoms with van der Waals surface area (Å²) in [6, 6.07) is 28.5. The highest BCUT2D eigenvalue weighted by Crippen LogP contribution is 2.29.